The average Bonchev–Trinajstić information content (AvgIpc) is 3.01. The maximum Gasteiger partial charge on any atom is 0.419 e. The van der Waals surface area contributed by atoms with Gasteiger partial charge in [0.1, 0.15) is 17.8 Å². The zero-order valence-electron chi connectivity index (χ0n) is 18.4. The first-order valence-corrected chi connectivity index (χ1v) is 11.9. The van der Waals surface area contributed by atoms with Crippen LogP contribution in [0.5, 0.6) is 0 Å². The van der Waals surface area contributed by atoms with E-state index in [-0.39, 0.29) is 31.2 Å². The summed E-state index contributed by atoms with van der Waals surface area (Å²) in [5.41, 5.74) is -3.99. The molecule has 9 nitrogen and oxygen atoms in total. The minimum Gasteiger partial charge on any atom is -0.390 e. The Hall–Kier alpha value is -2.50. The Morgan fingerprint density at radius 2 is 2.00 bits per heavy atom. The number of halogens is 4. The molecule has 182 valence electrons. The second-order valence-corrected chi connectivity index (χ2v) is 10.7. The number of fused-ring (bicyclic) bond motifs is 1. The van der Waals surface area contributed by atoms with Crippen LogP contribution in [-0.4, -0.2) is 69.6 Å². The molecular formula is C19H24F4N6O3S. The quantitative estimate of drug-likeness (QED) is 0.614. The van der Waals surface area contributed by atoms with Gasteiger partial charge >= 0.3 is 6.18 Å². The first kappa shape index (κ1) is 25.1. The van der Waals surface area contributed by atoms with Crippen LogP contribution in [0.25, 0.3) is 5.52 Å². The largest absolute Gasteiger partial charge is 0.419 e. The summed E-state index contributed by atoms with van der Waals surface area (Å²) in [6.45, 7) is 3.95. The zero-order chi connectivity index (χ0) is 24.9. The number of sulfonamides is 1. The molecule has 0 amide bonds. The van der Waals surface area contributed by atoms with Crippen molar-refractivity contribution in [1.82, 2.24) is 18.9 Å². The van der Waals surface area contributed by atoms with Gasteiger partial charge < -0.3 is 10.4 Å². The van der Waals surface area contributed by atoms with Crippen molar-refractivity contribution in [3.8, 4) is 6.07 Å². The highest BCUT2D eigenvalue weighted by molar-refractivity contribution is 7.88. The molecule has 1 aliphatic rings. The van der Waals surface area contributed by atoms with Gasteiger partial charge in [0, 0.05) is 19.0 Å². The smallest absolute Gasteiger partial charge is 0.390 e. The van der Waals surface area contributed by atoms with E-state index in [2.05, 4.69) is 15.4 Å². The standard InChI is InChI=1S/C19H24F4N6O3S/c1-10(18(2,3)30)16-11(7-24)15(19(21,22)23)14-8-25-17(27-29(14)16)26-13-5-6-28(9-12(13)20)33(4,31)32/h8,10,12-13,30H,5-6,9H2,1-4H3,(H,26,27)/t10?,12-,13-/m1/s1. The number of hydrogen-bond donors (Lipinski definition) is 2. The monoisotopic (exact) mass is 492 g/mol. The second kappa shape index (κ2) is 8.37. The number of aromatic nitrogens is 3. The molecule has 14 heteroatoms. The van der Waals surface area contributed by atoms with Crippen molar-refractivity contribution >= 4 is 21.5 Å². The molecular weight excluding hydrogens is 468 g/mol. The van der Waals surface area contributed by atoms with Gasteiger partial charge in [-0.25, -0.2) is 22.3 Å². The first-order chi connectivity index (χ1) is 15.1. The van der Waals surface area contributed by atoms with E-state index in [4.69, 9.17) is 0 Å². The van der Waals surface area contributed by atoms with E-state index in [1.54, 1.807) is 6.07 Å². The third-order valence-corrected chi connectivity index (χ3v) is 7.14. The van der Waals surface area contributed by atoms with E-state index >= 15 is 0 Å². The number of nitriles is 1. The number of hydrogen-bond acceptors (Lipinski definition) is 7. The third-order valence-electron chi connectivity index (χ3n) is 5.88. The van der Waals surface area contributed by atoms with Gasteiger partial charge in [0.05, 0.1) is 40.9 Å². The van der Waals surface area contributed by atoms with Crippen LogP contribution < -0.4 is 5.32 Å². The van der Waals surface area contributed by atoms with Crippen molar-refractivity contribution in [1.29, 1.82) is 5.26 Å². The number of piperidine rings is 1. The number of alkyl halides is 4. The molecule has 0 radical (unpaired) electrons. The lowest BCUT2D eigenvalue weighted by molar-refractivity contribution is -0.136. The number of nitrogens with zero attached hydrogens (tertiary/aromatic N) is 5. The second-order valence-electron chi connectivity index (χ2n) is 8.68. The van der Waals surface area contributed by atoms with Crippen LogP contribution in [0.1, 0.15) is 49.9 Å². The van der Waals surface area contributed by atoms with Crippen molar-refractivity contribution in [2.24, 2.45) is 0 Å². The van der Waals surface area contributed by atoms with Crippen LogP contribution in [0.4, 0.5) is 23.5 Å². The van der Waals surface area contributed by atoms with Crippen LogP contribution >= 0.6 is 0 Å². The molecule has 0 aromatic carbocycles. The number of anilines is 1. The summed E-state index contributed by atoms with van der Waals surface area (Å²) < 4.78 is 81.2. The summed E-state index contributed by atoms with van der Waals surface area (Å²) >= 11 is 0. The minimum absolute atomic E-state index is 0.0560. The molecule has 3 atom stereocenters. The van der Waals surface area contributed by atoms with E-state index < -0.39 is 56.6 Å². The molecule has 3 rings (SSSR count). The van der Waals surface area contributed by atoms with Crippen molar-refractivity contribution < 1.29 is 31.1 Å². The lowest BCUT2D eigenvalue weighted by atomic mass is 9.87. The summed E-state index contributed by atoms with van der Waals surface area (Å²) in [5, 5.41) is 26.7. The average molecular weight is 492 g/mol. The molecule has 2 aromatic rings. The molecule has 0 saturated carbocycles. The van der Waals surface area contributed by atoms with Gasteiger partial charge in [-0.15, -0.1) is 5.10 Å². The molecule has 3 heterocycles. The van der Waals surface area contributed by atoms with E-state index in [1.165, 1.54) is 20.8 Å². The van der Waals surface area contributed by atoms with Crippen LogP contribution in [0.2, 0.25) is 0 Å². The van der Waals surface area contributed by atoms with Gasteiger partial charge in [0.15, 0.2) is 0 Å². The van der Waals surface area contributed by atoms with Gasteiger partial charge in [-0.3, -0.25) is 0 Å². The normalized spacial score (nSPS) is 21.7. The van der Waals surface area contributed by atoms with E-state index in [0.29, 0.717) is 0 Å². The number of rotatable bonds is 5. The Kier molecular flexibility index (Phi) is 6.37. The predicted octanol–water partition coefficient (Wildman–Crippen LogP) is 2.28. The molecule has 1 fully saturated rings. The molecule has 1 unspecified atom stereocenters. The fourth-order valence-electron chi connectivity index (χ4n) is 3.77. The highest BCUT2D eigenvalue weighted by Gasteiger charge is 2.42. The maximum atomic E-state index is 14.6. The fourth-order valence-corrected chi connectivity index (χ4v) is 4.63. The Labute approximate surface area is 188 Å². The maximum absolute atomic E-state index is 14.6. The minimum atomic E-state index is -4.88. The molecule has 1 saturated heterocycles. The summed E-state index contributed by atoms with van der Waals surface area (Å²) in [6.07, 6.45) is -4.53. The lowest BCUT2D eigenvalue weighted by Crippen LogP contribution is -2.49. The molecule has 0 spiro atoms. The molecule has 2 aromatic heterocycles. The van der Waals surface area contributed by atoms with Gasteiger partial charge in [-0.1, -0.05) is 6.92 Å². The van der Waals surface area contributed by atoms with Crippen LogP contribution in [0.3, 0.4) is 0 Å². The molecule has 0 bridgehead atoms. The van der Waals surface area contributed by atoms with Crippen LogP contribution in [0.15, 0.2) is 6.20 Å². The van der Waals surface area contributed by atoms with E-state index in [9.17, 15) is 36.3 Å². The predicted molar refractivity (Wildman–Crippen MR) is 111 cm³/mol. The fraction of sp³-hybridized carbons (Fsp3) is 0.632. The Morgan fingerprint density at radius 1 is 1.36 bits per heavy atom. The highest BCUT2D eigenvalue weighted by Crippen LogP contribution is 2.41. The molecule has 0 aliphatic carbocycles. The summed E-state index contributed by atoms with van der Waals surface area (Å²) in [5.74, 6) is -1.12. The summed E-state index contributed by atoms with van der Waals surface area (Å²) in [7, 11) is -3.56. The van der Waals surface area contributed by atoms with Crippen molar-refractivity contribution in [2.45, 2.75) is 57.1 Å². The van der Waals surface area contributed by atoms with Crippen molar-refractivity contribution in [3.63, 3.8) is 0 Å². The highest BCUT2D eigenvalue weighted by atomic mass is 32.2. The van der Waals surface area contributed by atoms with E-state index in [0.717, 1.165) is 21.3 Å². The van der Waals surface area contributed by atoms with E-state index in [1.807, 2.05) is 0 Å². The molecule has 2 N–H and O–H groups in total. The van der Waals surface area contributed by atoms with Gasteiger partial charge in [0.2, 0.25) is 16.0 Å². The number of aliphatic hydroxyl groups is 1. The summed E-state index contributed by atoms with van der Waals surface area (Å²) in [6, 6.07) is 0.706. The molecule has 33 heavy (non-hydrogen) atoms. The van der Waals surface area contributed by atoms with Gasteiger partial charge in [0.25, 0.3) is 0 Å². The van der Waals surface area contributed by atoms with Crippen molar-refractivity contribution in [3.05, 3.63) is 23.0 Å². The van der Waals surface area contributed by atoms with Crippen LogP contribution in [0, 0.1) is 11.3 Å². The van der Waals surface area contributed by atoms with Gasteiger partial charge in [-0.05, 0) is 20.3 Å². The Morgan fingerprint density at radius 3 is 2.48 bits per heavy atom. The summed E-state index contributed by atoms with van der Waals surface area (Å²) in [4.78, 5) is 3.87. The van der Waals surface area contributed by atoms with Crippen LogP contribution in [-0.2, 0) is 16.2 Å². The lowest BCUT2D eigenvalue weighted by Gasteiger charge is -2.33. The zero-order valence-corrected chi connectivity index (χ0v) is 19.2. The topological polar surface area (TPSA) is 124 Å². The molecule has 1 aliphatic heterocycles. The number of nitrogens with one attached hydrogen (secondary N) is 1. The van der Waals surface area contributed by atoms with Gasteiger partial charge in [-0.2, -0.15) is 22.7 Å². The van der Waals surface area contributed by atoms with Crippen molar-refractivity contribution in [2.75, 3.05) is 24.7 Å². The Balaban J connectivity index is 2.06. The third kappa shape index (κ3) is 4.90. The first-order valence-electron chi connectivity index (χ1n) is 10.0. The SMILES string of the molecule is CC(c1c(C#N)c(C(F)(F)F)c2cnc(N[C@@H]3CCN(S(C)(=O)=O)C[C@H]3F)nn12)C(C)(C)O. The Bertz CT molecular complexity index is 1200.